The number of nitrogens with zero attached hydrogens (tertiary/aromatic N) is 3. The zero-order valence-electron chi connectivity index (χ0n) is 18.0. The Bertz CT molecular complexity index is 1110. The van der Waals surface area contributed by atoms with Crippen LogP contribution >= 0.6 is 23.2 Å². The molecule has 4 rings (SSSR count). The first-order valence-electron chi connectivity index (χ1n) is 10.9. The van der Waals surface area contributed by atoms with Crippen LogP contribution in [0.4, 0.5) is 5.69 Å². The van der Waals surface area contributed by atoms with Gasteiger partial charge in [0.05, 0.1) is 39.4 Å². The van der Waals surface area contributed by atoms with E-state index in [0.29, 0.717) is 15.6 Å². The van der Waals surface area contributed by atoms with Crippen molar-refractivity contribution in [3.8, 4) is 6.07 Å². The summed E-state index contributed by atoms with van der Waals surface area (Å²) >= 11 is 12.7. The predicted octanol–water partition coefficient (Wildman–Crippen LogP) is 4.94. The number of anilines is 1. The van der Waals surface area contributed by atoms with Gasteiger partial charge in [-0.25, -0.2) is 8.42 Å². The number of piperazine rings is 1. The van der Waals surface area contributed by atoms with Gasteiger partial charge in [-0.2, -0.15) is 5.26 Å². The van der Waals surface area contributed by atoms with Gasteiger partial charge in [-0.15, -0.1) is 0 Å². The van der Waals surface area contributed by atoms with E-state index in [9.17, 15) is 13.7 Å². The molecule has 0 spiro atoms. The SMILES string of the molecule is C[C@@H](CN1CCN(c2ccc(C#N)cc2Cl)[C@H](c2ccc(Cl)cc2)C1)CS(=O)(=O)C1CC1. The lowest BCUT2D eigenvalue weighted by molar-refractivity contribution is 0.202. The van der Waals surface area contributed by atoms with Gasteiger partial charge in [0.1, 0.15) is 0 Å². The van der Waals surface area contributed by atoms with Gasteiger partial charge < -0.3 is 4.90 Å². The van der Waals surface area contributed by atoms with Gasteiger partial charge in [0, 0.05) is 31.2 Å². The van der Waals surface area contributed by atoms with Crippen LogP contribution in [-0.2, 0) is 9.84 Å². The summed E-state index contributed by atoms with van der Waals surface area (Å²) in [5.41, 5.74) is 2.55. The molecule has 1 aliphatic carbocycles. The van der Waals surface area contributed by atoms with E-state index in [1.165, 1.54) is 0 Å². The quantitative estimate of drug-likeness (QED) is 0.548. The van der Waals surface area contributed by atoms with Crippen molar-refractivity contribution in [1.82, 2.24) is 4.90 Å². The zero-order valence-corrected chi connectivity index (χ0v) is 20.4. The van der Waals surface area contributed by atoms with Crippen molar-refractivity contribution in [2.45, 2.75) is 31.1 Å². The highest BCUT2D eigenvalue weighted by molar-refractivity contribution is 7.92. The van der Waals surface area contributed by atoms with Crippen molar-refractivity contribution in [3.63, 3.8) is 0 Å². The first kappa shape index (κ1) is 23.4. The smallest absolute Gasteiger partial charge is 0.153 e. The molecule has 32 heavy (non-hydrogen) atoms. The standard InChI is InChI=1S/C24H27Cl2N3O2S/c1-17(16-32(30,31)21-7-8-21)14-28-10-11-29(23-9-2-18(13-27)12-22(23)26)24(15-28)19-3-5-20(25)6-4-19/h2-6,9,12,17,21,24H,7-8,10-11,14-16H2,1H3/t17-,24-/m0/s1. The molecule has 0 N–H and O–H groups in total. The maximum atomic E-state index is 12.4. The van der Waals surface area contributed by atoms with E-state index in [1.807, 2.05) is 37.3 Å². The summed E-state index contributed by atoms with van der Waals surface area (Å²) in [6, 6.07) is 15.4. The first-order chi connectivity index (χ1) is 15.3. The third kappa shape index (κ3) is 5.40. The zero-order chi connectivity index (χ0) is 22.9. The molecule has 2 atom stereocenters. The van der Waals surface area contributed by atoms with Crippen LogP contribution in [0.1, 0.15) is 36.9 Å². The van der Waals surface area contributed by atoms with E-state index in [-0.39, 0.29) is 23.0 Å². The highest BCUT2D eigenvalue weighted by atomic mass is 35.5. The Kier molecular flexibility index (Phi) is 7.02. The molecule has 1 heterocycles. The number of hydrogen-bond donors (Lipinski definition) is 0. The summed E-state index contributed by atoms with van der Waals surface area (Å²) in [4.78, 5) is 4.62. The highest BCUT2D eigenvalue weighted by Gasteiger charge is 2.37. The minimum absolute atomic E-state index is 0.0405. The molecule has 2 aromatic carbocycles. The molecule has 5 nitrogen and oxygen atoms in total. The molecule has 0 bridgehead atoms. The van der Waals surface area contributed by atoms with Crippen molar-refractivity contribution >= 4 is 38.7 Å². The second-order valence-corrected chi connectivity index (χ2v) is 12.1. The Morgan fingerprint density at radius 3 is 2.47 bits per heavy atom. The molecule has 8 heteroatoms. The number of nitriles is 1. The minimum atomic E-state index is -2.97. The summed E-state index contributed by atoms with van der Waals surface area (Å²) in [6.45, 7) is 5.09. The minimum Gasteiger partial charge on any atom is -0.361 e. The van der Waals surface area contributed by atoms with Crippen LogP contribution in [0.5, 0.6) is 0 Å². The molecule has 1 saturated carbocycles. The van der Waals surface area contributed by atoms with E-state index in [1.54, 1.807) is 12.1 Å². The van der Waals surface area contributed by atoms with Crippen LogP contribution in [0, 0.1) is 17.2 Å². The number of halogens is 2. The molecule has 0 amide bonds. The largest absolute Gasteiger partial charge is 0.361 e. The number of benzene rings is 2. The van der Waals surface area contributed by atoms with E-state index in [0.717, 1.165) is 50.3 Å². The normalized spacial score (nSPS) is 20.7. The molecule has 0 aromatic heterocycles. The molecule has 0 radical (unpaired) electrons. The fourth-order valence-electron chi connectivity index (χ4n) is 4.53. The van der Waals surface area contributed by atoms with E-state index in [2.05, 4.69) is 15.9 Å². The van der Waals surface area contributed by atoms with Crippen LogP contribution in [0.15, 0.2) is 42.5 Å². The van der Waals surface area contributed by atoms with Gasteiger partial charge in [0.15, 0.2) is 9.84 Å². The maximum Gasteiger partial charge on any atom is 0.153 e. The fourth-order valence-corrected chi connectivity index (χ4v) is 6.97. The Labute approximate surface area is 200 Å². The third-order valence-electron chi connectivity index (χ3n) is 6.22. The first-order valence-corrected chi connectivity index (χ1v) is 13.4. The lowest BCUT2D eigenvalue weighted by Crippen LogP contribution is -2.50. The molecule has 0 unspecified atom stereocenters. The van der Waals surface area contributed by atoms with Crippen molar-refractivity contribution in [2.75, 3.05) is 36.8 Å². The lowest BCUT2D eigenvalue weighted by atomic mass is 10.00. The van der Waals surface area contributed by atoms with Gasteiger partial charge in [0.25, 0.3) is 0 Å². The van der Waals surface area contributed by atoms with Crippen LogP contribution in [0.3, 0.4) is 0 Å². The summed E-state index contributed by atoms with van der Waals surface area (Å²) in [5, 5.41) is 10.3. The monoisotopic (exact) mass is 491 g/mol. The van der Waals surface area contributed by atoms with E-state index in [4.69, 9.17) is 23.2 Å². The second kappa shape index (κ2) is 9.61. The molecular formula is C24H27Cl2N3O2S. The second-order valence-electron chi connectivity index (χ2n) is 8.93. The van der Waals surface area contributed by atoms with Crippen LogP contribution < -0.4 is 4.90 Å². The summed E-state index contributed by atoms with van der Waals surface area (Å²) in [5.74, 6) is 0.335. The van der Waals surface area contributed by atoms with Crippen LogP contribution in [0.25, 0.3) is 0 Å². The molecule has 2 aliphatic rings. The van der Waals surface area contributed by atoms with Crippen molar-refractivity contribution < 1.29 is 8.42 Å². The third-order valence-corrected chi connectivity index (χ3v) is 9.30. The van der Waals surface area contributed by atoms with Crippen LogP contribution in [0.2, 0.25) is 10.0 Å². The molecular weight excluding hydrogens is 465 g/mol. The Balaban J connectivity index is 1.54. The molecule has 1 aliphatic heterocycles. The van der Waals surface area contributed by atoms with Crippen molar-refractivity contribution in [1.29, 1.82) is 5.26 Å². The molecule has 1 saturated heterocycles. The highest BCUT2D eigenvalue weighted by Crippen LogP contribution is 2.36. The van der Waals surface area contributed by atoms with Gasteiger partial charge in [-0.05, 0) is 54.7 Å². The molecule has 2 fully saturated rings. The Morgan fingerprint density at radius 1 is 1.12 bits per heavy atom. The Hall–Kier alpha value is -1.78. The summed E-state index contributed by atoms with van der Waals surface area (Å²) in [7, 11) is -2.97. The van der Waals surface area contributed by atoms with Gasteiger partial charge in [-0.1, -0.05) is 42.3 Å². The lowest BCUT2D eigenvalue weighted by Gasteiger charge is -2.44. The topological polar surface area (TPSA) is 64.4 Å². The van der Waals surface area contributed by atoms with Crippen LogP contribution in [-0.4, -0.2) is 50.5 Å². The number of hydrogen-bond acceptors (Lipinski definition) is 5. The van der Waals surface area contributed by atoms with Crippen molar-refractivity contribution in [3.05, 3.63) is 63.6 Å². The number of sulfone groups is 1. The predicted molar refractivity (Wildman–Crippen MR) is 130 cm³/mol. The maximum absolute atomic E-state index is 12.4. The molecule has 170 valence electrons. The summed E-state index contributed by atoms with van der Waals surface area (Å²) in [6.07, 6.45) is 1.63. The van der Waals surface area contributed by atoms with Gasteiger partial charge in [0.2, 0.25) is 0 Å². The summed E-state index contributed by atoms with van der Waals surface area (Å²) < 4.78 is 24.8. The average Bonchev–Trinajstić information content (AvgIpc) is 3.60. The number of rotatable bonds is 7. The van der Waals surface area contributed by atoms with Gasteiger partial charge >= 0.3 is 0 Å². The van der Waals surface area contributed by atoms with Crippen molar-refractivity contribution in [2.24, 2.45) is 5.92 Å². The average molecular weight is 492 g/mol. The van der Waals surface area contributed by atoms with Gasteiger partial charge in [-0.3, -0.25) is 4.90 Å². The van der Waals surface area contributed by atoms with E-state index < -0.39 is 9.84 Å². The Morgan fingerprint density at radius 2 is 1.84 bits per heavy atom. The van der Waals surface area contributed by atoms with E-state index >= 15 is 0 Å². The fraction of sp³-hybridized carbons (Fsp3) is 0.458. The molecule has 2 aromatic rings.